The number of hydrogen-bond donors (Lipinski definition) is 1. The number of aromatic nitrogens is 2. The predicted molar refractivity (Wildman–Crippen MR) is 117 cm³/mol. The Morgan fingerprint density at radius 2 is 2.04 bits per heavy atom. The zero-order valence-corrected chi connectivity index (χ0v) is 18.7. The number of likely N-dealkylation sites (N-methyl/N-ethyl adjacent to an activating group) is 1. The van der Waals surface area contributed by atoms with E-state index < -0.39 is 0 Å². The van der Waals surface area contributed by atoms with Gasteiger partial charge < -0.3 is 15.1 Å². The highest BCUT2D eigenvalue weighted by molar-refractivity contribution is 9.10. The molecule has 0 bridgehead atoms. The van der Waals surface area contributed by atoms with Gasteiger partial charge in [0.1, 0.15) is 5.03 Å². The molecule has 8 heteroatoms. The molecule has 0 aliphatic carbocycles. The number of anilines is 1. The summed E-state index contributed by atoms with van der Waals surface area (Å²) in [4.78, 5) is 17.8. The summed E-state index contributed by atoms with van der Waals surface area (Å²) < 4.78 is 1.06. The van der Waals surface area contributed by atoms with Crippen LogP contribution in [0.2, 0.25) is 0 Å². The van der Waals surface area contributed by atoms with Crippen molar-refractivity contribution in [2.24, 2.45) is 5.92 Å². The summed E-state index contributed by atoms with van der Waals surface area (Å²) in [6.07, 6.45) is 1.91. The maximum absolute atomic E-state index is 12.4. The molecular formula is C20H26BrN5OS. The van der Waals surface area contributed by atoms with E-state index in [1.165, 1.54) is 0 Å². The van der Waals surface area contributed by atoms with E-state index in [1.54, 1.807) is 11.8 Å². The van der Waals surface area contributed by atoms with E-state index in [9.17, 15) is 4.79 Å². The van der Waals surface area contributed by atoms with Crippen LogP contribution in [0, 0.1) is 5.92 Å². The van der Waals surface area contributed by atoms with Crippen LogP contribution in [0.25, 0.3) is 0 Å². The molecule has 1 fully saturated rings. The molecule has 1 aromatic carbocycles. The maximum Gasteiger partial charge on any atom is 0.224 e. The summed E-state index contributed by atoms with van der Waals surface area (Å²) in [5.41, 5.74) is 0. The number of amides is 1. The van der Waals surface area contributed by atoms with Crippen LogP contribution in [0.15, 0.2) is 50.8 Å². The minimum absolute atomic E-state index is 0.00882. The highest BCUT2D eigenvalue weighted by atomic mass is 79.9. The number of halogens is 1. The molecule has 1 aliphatic rings. The van der Waals surface area contributed by atoms with E-state index in [0.29, 0.717) is 13.1 Å². The molecule has 0 spiro atoms. The van der Waals surface area contributed by atoms with Crippen LogP contribution in [-0.4, -0.2) is 61.3 Å². The van der Waals surface area contributed by atoms with Gasteiger partial charge in [0, 0.05) is 35.5 Å². The topological polar surface area (TPSA) is 61.4 Å². The Hall–Kier alpha value is -1.64. The number of nitrogens with zero attached hydrogens (tertiary/aromatic N) is 4. The number of hydrogen-bond acceptors (Lipinski definition) is 6. The van der Waals surface area contributed by atoms with Crippen molar-refractivity contribution in [2.45, 2.75) is 22.8 Å². The predicted octanol–water partition coefficient (Wildman–Crippen LogP) is 3.28. The Morgan fingerprint density at radius 1 is 1.25 bits per heavy atom. The zero-order valence-electron chi connectivity index (χ0n) is 16.3. The van der Waals surface area contributed by atoms with Crippen LogP contribution in [0.3, 0.4) is 0 Å². The van der Waals surface area contributed by atoms with Crippen molar-refractivity contribution in [1.82, 2.24) is 20.4 Å². The standard InChI is InChI=1S/C20H26BrN5OS/c1-25(2)13-11-22-20(27)15-4-3-12-26(14-15)18-9-10-19(24-23-18)28-17-7-5-16(21)6-8-17/h5-10,15H,3-4,11-14H2,1-2H3,(H,22,27). The number of rotatable bonds is 7. The lowest BCUT2D eigenvalue weighted by atomic mass is 9.97. The van der Waals surface area contributed by atoms with E-state index in [0.717, 1.165) is 46.1 Å². The third-order valence-electron chi connectivity index (χ3n) is 4.64. The lowest BCUT2D eigenvalue weighted by Crippen LogP contribution is -2.44. The third-order valence-corrected chi connectivity index (χ3v) is 6.10. The lowest BCUT2D eigenvalue weighted by molar-refractivity contribution is -0.125. The molecule has 6 nitrogen and oxygen atoms in total. The molecule has 1 aromatic heterocycles. The number of carbonyl (C=O) groups excluding carboxylic acids is 1. The minimum Gasteiger partial charge on any atom is -0.355 e. The van der Waals surface area contributed by atoms with Gasteiger partial charge in [-0.25, -0.2) is 0 Å². The van der Waals surface area contributed by atoms with E-state index >= 15 is 0 Å². The lowest BCUT2D eigenvalue weighted by Gasteiger charge is -2.32. The molecule has 0 radical (unpaired) electrons. The summed E-state index contributed by atoms with van der Waals surface area (Å²) in [5.74, 6) is 0.988. The van der Waals surface area contributed by atoms with Crippen molar-refractivity contribution in [1.29, 1.82) is 0 Å². The van der Waals surface area contributed by atoms with Crippen LogP contribution in [0.5, 0.6) is 0 Å². The van der Waals surface area contributed by atoms with Crippen molar-refractivity contribution >= 4 is 39.4 Å². The fourth-order valence-corrected chi connectivity index (χ4v) is 4.10. The molecular weight excluding hydrogens is 438 g/mol. The van der Waals surface area contributed by atoms with Gasteiger partial charge in [-0.05, 0) is 63.3 Å². The Balaban J connectivity index is 1.55. The summed E-state index contributed by atoms with van der Waals surface area (Å²) in [5, 5.41) is 12.7. The molecule has 1 saturated heterocycles. The van der Waals surface area contributed by atoms with Crippen molar-refractivity contribution in [3.63, 3.8) is 0 Å². The van der Waals surface area contributed by atoms with Crippen molar-refractivity contribution < 1.29 is 4.79 Å². The molecule has 0 saturated carbocycles. The first-order valence-corrected chi connectivity index (χ1v) is 11.1. The van der Waals surface area contributed by atoms with Gasteiger partial charge in [-0.3, -0.25) is 4.79 Å². The molecule has 1 N–H and O–H groups in total. The molecule has 1 aliphatic heterocycles. The highest BCUT2D eigenvalue weighted by Crippen LogP contribution is 2.28. The van der Waals surface area contributed by atoms with E-state index in [2.05, 4.69) is 53.4 Å². The first-order valence-electron chi connectivity index (χ1n) is 9.46. The quantitative estimate of drug-likeness (QED) is 0.679. The number of carbonyl (C=O) groups is 1. The van der Waals surface area contributed by atoms with Crippen LogP contribution >= 0.6 is 27.7 Å². The Labute approximate surface area is 179 Å². The second kappa shape index (κ2) is 10.2. The molecule has 2 heterocycles. The smallest absolute Gasteiger partial charge is 0.224 e. The van der Waals surface area contributed by atoms with Crippen molar-refractivity contribution in [2.75, 3.05) is 45.2 Å². The maximum atomic E-state index is 12.4. The third kappa shape index (κ3) is 6.18. The number of nitrogens with one attached hydrogen (secondary N) is 1. The van der Waals surface area contributed by atoms with Gasteiger partial charge in [0.2, 0.25) is 5.91 Å². The minimum atomic E-state index is 0.00882. The molecule has 1 unspecified atom stereocenters. The summed E-state index contributed by atoms with van der Waals surface area (Å²) >= 11 is 5.03. The molecule has 2 aromatic rings. The molecule has 28 heavy (non-hydrogen) atoms. The van der Waals surface area contributed by atoms with Gasteiger partial charge in [-0.2, -0.15) is 0 Å². The fraction of sp³-hybridized carbons (Fsp3) is 0.450. The van der Waals surface area contributed by atoms with Crippen LogP contribution in [0.4, 0.5) is 5.82 Å². The summed E-state index contributed by atoms with van der Waals surface area (Å²) in [6, 6.07) is 12.1. The first-order chi connectivity index (χ1) is 13.5. The molecule has 150 valence electrons. The van der Waals surface area contributed by atoms with Gasteiger partial charge in [-0.15, -0.1) is 10.2 Å². The second-order valence-corrected chi connectivity index (χ2v) is 9.17. The van der Waals surface area contributed by atoms with Gasteiger partial charge in [0.15, 0.2) is 5.82 Å². The second-order valence-electron chi connectivity index (χ2n) is 7.17. The SMILES string of the molecule is CN(C)CCNC(=O)C1CCCN(c2ccc(Sc3ccc(Br)cc3)nn2)C1. The average Bonchev–Trinajstić information content (AvgIpc) is 2.70. The largest absolute Gasteiger partial charge is 0.355 e. The molecule has 1 amide bonds. The van der Waals surface area contributed by atoms with Gasteiger partial charge in [-0.1, -0.05) is 27.7 Å². The van der Waals surface area contributed by atoms with E-state index in [4.69, 9.17) is 0 Å². The van der Waals surface area contributed by atoms with E-state index in [1.807, 2.05) is 38.4 Å². The van der Waals surface area contributed by atoms with Gasteiger partial charge in [0.25, 0.3) is 0 Å². The highest BCUT2D eigenvalue weighted by Gasteiger charge is 2.26. The number of benzene rings is 1. The van der Waals surface area contributed by atoms with Gasteiger partial charge in [0.05, 0.1) is 5.92 Å². The normalized spacial score (nSPS) is 17.0. The average molecular weight is 464 g/mol. The molecule has 3 rings (SSSR count). The van der Waals surface area contributed by atoms with Crippen LogP contribution < -0.4 is 10.2 Å². The monoisotopic (exact) mass is 463 g/mol. The Morgan fingerprint density at radius 3 is 2.71 bits per heavy atom. The fourth-order valence-electron chi connectivity index (χ4n) is 3.11. The van der Waals surface area contributed by atoms with Crippen molar-refractivity contribution in [3.05, 3.63) is 40.9 Å². The Bertz CT molecular complexity index is 769. The van der Waals surface area contributed by atoms with Crippen LogP contribution in [0.1, 0.15) is 12.8 Å². The first kappa shape index (κ1) is 21.1. The Kier molecular flexibility index (Phi) is 7.70. The summed E-state index contributed by atoms with van der Waals surface area (Å²) in [7, 11) is 4.01. The van der Waals surface area contributed by atoms with Crippen LogP contribution in [-0.2, 0) is 4.79 Å². The zero-order chi connectivity index (χ0) is 19.9. The summed E-state index contributed by atoms with van der Waals surface area (Å²) in [6.45, 7) is 3.15. The van der Waals surface area contributed by atoms with Gasteiger partial charge >= 0.3 is 0 Å². The molecule has 1 atom stereocenters. The van der Waals surface area contributed by atoms with Crippen molar-refractivity contribution in [3.8, 4) is 0 Å². The van der Waals surface area contributed by atoms with E-state index in [-0.39, 0.29) is 11.8 Å². The number of piperidine rings is 1.